The van der Waals surface area contributed by atoms with Crippen molar-refractivity contribution in [1.82, 2.24) is 15.1 Å². The second-order valence-corrected chi connectivity index (χ2v) is 6.16. The summed E-state index contributed by atoms with van der Waals surface area (Å²) in [5.74, 6) is 0.405. The van der Waals surface area contributed by atoms with Crippen LogP contribution in [0.4, 0.5) is 4.39 Å². The van der Waals surface area contributed by atoms with Gasteiger partial charge in [-0.15, -0.1) is 0 Å². The Morgan fingerprint density at radius 3 is 2.95 bits per heavy atom. The van der Waals surface area contributed by atoms with E-state index in [2.05, 4.69) is 40.2 Å². The van der Waals surface area contributed by atoms with Gasteiger partial charge in [-0.25, -0.2) is 4.39 Å². The van der Waals surface area contributed by atoms with Crippen molar-refractivity contribution in [3.8, 4) is 0 Å². The molecule has 20 heavy (non-hydrogen) atoms. The van der Waals surface area contributed by atoms with Crippen LogP contribution < -0.4 is 5.32 Å². The molecule has 108 valence electrons. The van der Waals surface area contributed by atoms with Gasteiger partial charge < -0.3 is 5.32 Å². The summed E-state index contributed by atoms with van der Waals surface area (Å²) in [5.41, 5.74) is 2.02. The van der Waals surface area contributed by atoms with Gasteiger partial charge in [0.15, 0.2) is 0 Å². The Labute approximate surface area is 127 Å². The molecular formula is C15H19BrFN3. The summed E-state index contributed by atoms with van der Waals surface area (Å²) in [7, 11) is 0. The van der Waals surface area contributed by atoms with Gasteiger partial charge in [0.25, 0.3) is 0 Å². The number of rotatable bonds is 6. The first kappa shape index (κ1) is 15.2. The molecule has 1 heterocycles. The summed E-state index contributed by atoms with van der Waals surface area (Å²) in [6, 6.07) is 4.69. The van der Waals surface area contributed by atoms with E-state index in [0.717, 1.165) is 28.7 Å². The number of hydrogen-bond donors (Lipinski definition) is 1. The van der Waals surface area contributed by atoms with Crippen LogP contribution in [0.1, 0.15) is 25.0 Å². The first-order valence-corrected chi connectivity index (χ1v) is 7.50. The number of halogens is 2. The summed E-state index contributed by atoms with van der Waals surface area (Å²) in [6.07, 6.45) is 3.84. The second kappa shape index (κ2) is 6.99. The molecule has 2 rings (SSSR count). The summed E-state index contributed by atoms with van der Waals surface area (Å²) >= 11 is 3.43. The number of aromatic nitrogens is 2. The van der Waals surface area contributed by atoms with Gasteiger partial charge in [-0.05, 0) is 36.2 Å². The van der Waals surface area contributed by atoms with E-state index in [1.807, 2.05) is 17.1 Å². The lowest BCUT2D eigenvalue weighted by Crippen LogP contribution is -2.18. The van der Waals surface area contributed by atoms with Crippen molar-refractivity contribution in [3.63, 3.8) is 0 Å². The van der Waals surface area contributed by atoms with Crippen LogP contribution in [0.5, 0.6) is 0 Å². The standard InChI is InChI=1S/C15H19BrFN3/c1-11(2)6-18-7-12-8-19-20(9-12)10-13-5-14(17)3-4-15(13)16/h3-5,8-9,11,18H,6-7,10H2,1-2H3. The van der Waals surface area contributed by atoms with Crippen LogP contribution in [0.3, 0.4) is 0 Å². The largest absolute Gasteiger partial charge is 0.312 e. The summed E-state index contributed by atoms with van der Waals surface area (Å²) in [6.45, 7) is 6.71. The van der Waals surface area contributed by atoms with Crippen molar-refractivity contribution in [2.45, 2.75) is 26.9 Å². The topological polar surface area (TPSA) is 29.9 Å². The number of benzene rings is 1. The Kier molecular flexibility index (Phi) is 5.31. The zero-order chi connectivity index (χ0) is 14.5. The van der Waals surface area contributed by atoms with Crippen molar-refractivity contribution in [1.29, 1.82) is 0 Å². The fourth-order valence-electron chi connectivity index (χ4n) is 1.93. The predicted molar refractivity (Wildman–Crippen MR) is 82.0 cm³/mol. The number of nitrogens with one attached hydrogen (secondary N) is 1. The van der Waals surface area contributed by atoms with Crippen molar-refractivity contribution in [2.24, 2.45) is 5.92 Å². The zero-order valence-corrected chi connectivity index (χ0v) is 13.3. The van der Waals surface area contributed by atoms with Gasteiger partial charge >= 0.3 is 0 Å². The van der Waals surface area contributed by atoms with Gasteiger partial charge in [-0.2, -0.15) is 5.10 Å². The van der Waals surface area contributed by atoms with E-state index in [4.69, 9.17) is 0 Å². The average molecular weight is 340 g/mol. The summed E-state index contributed by atoms with van der Waals surface area (Å²) < 4.78 is 16.0. The first-order valence-electron chi connectivity index (χ1n) is 6.70. The molecule has 1 N–H and O–H groups in total. The highest BCUT2D eigenvalue weighted by Crippen LogP contribution is 2.18. The van der Waals surface area contributed by atoms with Crippen LogP contribution in [0, 0.1) is 11.7 Å². The Morgan fingerprint density at radius 1 is 1.40 bits per heavy atom. The van der Waals surface area contributed by atoms with Gasteiger partial charge in [-0.3, -0.25) is 4.68 Å². The number of nitrogens with zero attached hydrogens (tertiary/aromatic N) is 2. The Hall–Kier alpha value is -1.20. The third-order valence-corrected chi connectivity index (χ3v) is 3.68. The molecule has 0 atom stereocenters. The molecule has 0 aliphatic heterocycles. The third-order valence-electron chi connectivity index (χ3n) is 2.91. The van der Waals surface area contributed by atoms with E-state index >= 15 is 0 Å². The van der Waals surface area contributed by atoms with E-state index in [-0.39, 0.29) is 5.82 Å². The fourth-order valence-corrected chi connectivity index (χ4v) is 2.30. The highest BCUT2D eigenvalue weighted by atomic mass is 79.9. The lowest BCUT2D eigenvalue weighted by Gasteiger charge is -2.06. The number of hydrogen-bond acceptors (Lipinski definition) is 2. The minimum absolute atomic E-state index is 0.228. The molecular weight excluding hydrogens is 321 g/mol. The van der Waals surface area contributed by atoms with Crippen LogP contribution in [0.2, 0.25) is 0 Å². The molecule has 0 amide bonds. The molecule has 5 heteroatoms. The maximum atomic E-state index is 13.2. The molecule has 0 saturated carbocycles. The molecule has 0 radical (unpaired) electrons. The Bertz CT molecular complexity index is 566. The molecule has 0 unspecified atom stereocenters. The second-order valence-electron chi connectivity index (χ2n) is 5.31. The maximum absolute atomic E-state index is 13.2. The van der Waals surface area contributed by atoms with Gasteiger partial charge in [0.1, 0.15) is 5.82 Å². The minimum Gasteiger partial charge on any atom is -0.312 e. The van der Waals surface area contributed by atoms with Crippen molar-refractivity contribution in [2.75, 3.05) is 6.54 Å². The molecule has 0 saturated heterocycles. The van der Waals surface area contributed by atoms with Crippen molar-refractivity contribution < 1.29 is 4.39 Å². The van der Waals surface area contributed by atoms with Crippen LogP contribution >= 0.6 is 15.9 Å². The van der Waals surface area contributed by atoms with Crippen LogP contribution in [-0.4, -0.2) is 16.3 Å². The molecule has 1 aromatic heterocycles. The normalized spacial score (nSPS) is 11.2. The lowest BCUT2D eigenvalue weighted by atomic mass is 10.2. The smallest absolute Gasteiger partial charge is 0.123 e. The molecule has 3 nitrogen and oxygen atoms in total. The molecule has 2 aromatic rings. The highest BCUT2D eigenvalue weighted by Gasteiger charge is 2.05. The zero-order valence-electron chi connectivity index (χ0n) is 11.7. The summed E-state index contributed by atoms with van der Waals surface area (Å²) in [4.78, 5) is 0. The SMILES string of the molecule is CC(C)CNCc1cnn(Cc2cc(F)ccc2Br)c1. The van der Waals surface area contributed by atoms with Gasteiger partial charge in [-0.1, -0.05) is 29.8 Å². The molecule has 1 aromatic carbocycles. The van der Waals surface area contributed by atoms with Gasteiger partial charge in [0.05, 0.1) is 12.7 Å². The van der Waals surface area contributed by atoms with Crippen LogP contribution in [0.15, 0.2) is 35.1 Å². The minimum atomic E-state index is -0.228. The fraction of sp³-hybridized carbons (Fsp3) is 0.400. The Balaban J connectivity index is 1.97. The summed E-state index contributed by atoms with van der Waals surface area (Å²) in [5, 5.41) is 7.69. The van der Waals surface area contributed by atoms with E-state index in [1.54, 1.807) is 6.07 Å². The van der Waals surface area contributed by atoms with Crippen molar-refractivity contribution >= 4 is 15.9 Å². The Morgan fingerprint density at radius 2 is 2.20 bits per heavy atom. The lowest BCUT2D eigenvalue weighted by molar-refractivity contribution is 0.552. The van der Waals surface area contributed by atoms with Crippen molar-refractivity contribution in [3.05, 3.63) is 52.0 Å². The van der Waals surface area contributed by atoms with E-state index in [0.29, 0.717) is 12.5 Å². The monoisotopic (exact) mass is 339 g/mol. The third kappa shape index (κ3) is 4.42. The van der Waals surface area contributed by atoms with E-state index in [1.165, 1.54) is 12.1 Å². The molecule has 0 aliphatic carbocycles. The maximum Gasteiger partial charge on any atom is 0.123 e. The van der Waals surface area contributed by atoms with Crippen LogP contribution in [0.25, 0.3) is 0 Å². The molecule has 0 fully saturated rings. The average Bonchev–Trinajstić information content (AvgIpc) is 2.81. The van der Waals surface area contributed by atoms with E-state index in [9.17, 15) is 4.39 Å². The molecule has 0 spiro atoms. The molecule has 0 bridgehead atoms. The van der Waals surface area contributed by atoms with Gasteiger partial charge in [0.2, 0.25) is 0 Å². The first-order chi connectivity index (χ1) is 9.54. The van der Waals surface area contributed by atoms with Crippen LogP contribution in [-0.2, 0) is 13.1 Å². The quantitative estimate of drug-likeness (QED) is 0.871. The van der Waals surface area contributed by atoms with E-state index < -0.39 is 0 Å². The molecule has 0 aliphatic rings. The predicted octanol–water partition coefficient (Wildman–Crippen LogP) is 3.58. The van der Waals surface area contributed by atoms with Gasteiger partial charge in [0, 0.05) is 22.8 Å². The highest BCUT2D eigenvalue weighted by molar-refractivity contribution is 9.10.